The maximum Gasteiger partial charge on any atom is 0.0916 e. The molecule has 1 nitrogen and oxygen atoms in total. The van der Waals surface area contributed by atoms with Crippen LogP contribution in [0.3, 0.4) is 0 Å². The molecule has 4 unspecified atom stereocenters. The normalized spacial score (nSPS) is 31.2. The second-order valence-corrected chi connectivity index (χ2v) is 7.81. The van der Waals surface area contributed by atoms with Gasteiger partial charge in [-0.2, -0.15) is 23.5 Å². The van der Waals surface area contributed by atoms with Crippen LogP contribution in [-0.2, 0) is 0 Å². The van der Waals surface area contributed by atoms with Gasteiger partial charge in [-0.3, -0.25) is 0 Å². The lowest BCUT2D eigenvalue weighted by Gasteiger charge is -2.34. The van der Waals surface area contributed by atoms with Gasteiger partial charge in [0, 0.05) is 21.5 Å². The maximum atomic E-state index is 10.4. The molecule has 0 amide bonds. The molecule has 1 aromatic rings. The van der Waals surface area contributed by atoms with Gasteiger partial charge in [0.05, 0.1) is 6.10 Å². The molecule has 4 atom stereocenters. The highest BCUT2D eigenvalue weighted by atomic mass is 32.2. The summed E-state index contributed by atoms with van der Waals surface area (Å²) in [6.45, 7) is 6.61. The number of thioether (sulfide) groups is 2. The van der Waals surface area contributed by atoms with E-state index in [2.05, 4.69) is 32.9 Å². The summed E-state index contributed by atoms with van der Waals surface area (Å²) in [6.07, 6.45) is -0.331. The van der Waals surface area contributed by atoms with E-state index < -0.39 is 0 Å². The first-order valence-corrected chi connectivity index (χ1v) is 8.09. The first kappa shape index (κ1) is 13.3. The third kappa shape index (κ3) is 3.21. The first-order valence-electron chi connectivity index (χ1n) is 6.09. The predicted octanol–water partition coefficient (Wildman–Crippen LogP) is 3.65. The van der Waals surface area contributed by atoms with E-state index in [1.54, 1.807) is 0 Å². The molecule has 1 aromatic carbocycles. The van der Waals surface area contributed by atoms with E-state index >= 15 is 0 Å². The van der Waals surface area contributed by atoms with Crippen molar-refractivity contribution < 1.29 is 5.11 Å². The zero-order chi connectivity index (χ0) is 12.4. The Morgan fingerprint density at radius 3 is 2.71 bits per heavy atom. The van der Waals surface area contributed by atoms with E-state index in [-0.39, 0.29) is 6.10 Å². The van der Waals surface area contributed by atoms with Gasteiger partial charge >= 0.3 is 0 Å². The zero-order valence-electron chi connectivity index (χ0n) is 10.6. The van der Waals surface area contributed by atoms with Crippen molar-refractivity contribution in [1.82, 2.24) is 0 Å². The smallest absolute Gasteiger partial charge is 0.0916 e. The van der Waals surface area contributed by atoms with Gasteiger partial charge in [-0.05, 0) is 12.5 Å². The fourth-order valence-corrected chi connectivity index (χ4v) is 5.05. The van der Waals surface area contributed by atoms with Crippen LogP contribution in [0.2, 0.25) is 0 Å². The van der Waals surface area contributed by atoms with Gasteiger partial charge in [0.1, 0.15) is 0 Å². The van der Waals surface area contributed by atoms with Crippen LogP contribution in [-0.4, -0.2) is 26.6 Å². The lowest BCUT2D eigenvalue weighted by atomic mass is 10.0. The van der Waals surface area contributed by atoms with Gasteiger partial charge in [0.15, 0.2) is 0 Å². The number of hydrogen-bond acceptors (Lipinski definition) is 3. The Morgan fingerprint density at radius 2 is 2.06 bits per heavy atom. The summed E-state index contributed by atoms with van der Waals surface area (Å²) in [6, 6.07) is 8.23. The van der Waals surface area contributed by atoms with Crippen LogP contribution < -0.4 is 0 Å². The van der Waals surface area contributed by atoms with Crippen molar-refractivity contribution in [3.05, 3.63) is 35.4 Å². The van der Waals surface area contributed by atoms with E-state index in [0.717, 1.165) is 11.3 Å². The third-order valence-corrected chi connectivity index (χ3v) is 6.79. The Kier molecular flexibility index (Phi) is 4.45. The van der Waals surface area contributed by atoms with Crippen molar-refractivity contribution in [3.63, 3.8) is 0 Å². The highest BCUT2D eigenvalue weighted by Gasteiger charge is 2.30. The summed E-state index contributed by atoms with van der Waals surface area (Å²) in [5.41, 5.74) is 2.28. The summed E-state index contributed by atoms with van der Waals surface area (Å²) in [7, 11) is 0. The summed E-state index contributed by atoms with van der Waals surface area (Å²) >= 11 is 3.91. The van der Waals surface area contributed by atoms with E-state index in [4.69, 9.17) is 0 Å². The van der Waals surface area contributed by atoms with Crippen molar-refractivity contribution in [1.29, 1.82) is 0 Å². The van der Waals surface area contributed by atoms with Crippen LogP contribution >= 0.6 is 23.5 Å². The van der Waals surface area contributed by atoms with Crippen LogP contribution in [0.1, 0.15) is 31.1 Å². The quantitative estimate of drug-likeness (QED) is 0.884. The Hall–Kier alpha value is -0.120. The van der Waals surface area contributed by atoms with Crippen LogP contribution in [0.4, 0.5) is 0 Å². The molecule has 1 saturated heterocycles. The van der Waals surface area contributed by atoms with Crippen molar-refractivity contribution in [2.45, 2.75) is 42.6 Å². The molecule has 0 saturated carbocycles. The lowest BCUT2D eigenvalue weighted by Crippen LogP contribution is -2.30. The summed E-state index contributed by atoms with van der Waals surface area (Å²) in [4.78, 5) is 0. The molecular weight excluding hydrogens is 248 g/mol. The van der Waals surface area contributed by atoms with Gasteiger partial charge in [-0.15, -0.1) is 0 Å². The highest BCUT2D eigenvalue weighted by Crippen LogP contribution is 2.40. The molecule has 1 aliphatic heterocycles. The van der Waals surface area contributed by atoms with Crippen molar-refractivity contribution in [3.8, 4) is 0 Å². The first-order chi connectivity index (χ1) is 8.08. The fraction of sp³-hybridized carbons (Fsp3) is 0.571. The Balaban J connectivity index is 2.07. The molecule has 1 heterocycles. The number of benzene rings is 1. The van der Waals surface area contributed by atoms with Gasteiger partial charge in [0.25, 0.3) is 0 Å². The molecule has 2 rings (SSSR count). The Labute approximate surface area is 112 Å². The molecule has 1 fully saturated rings. The zero-order valence-corrected chi connectivity index (χ0v) is 12.2. The van der Waals surface area contributed by atoms with Crippen molar-refractivity contribution in [2.75, 3.05) is 5.75 Å². The molecule has 0 aromatic heterocycles. The van der Waals surface area contributed by atoms with E-state index in [1.807, 2.05) is 35.7 Å². The number of aliphatic hydroxyl groups excluding tert-OH is 1. The number of hydrogen-bond donors (Lipinski definition) is 1. The molecule has 1 aliphatic rings. The summed E-state index contributed by atoms with van der Waals surface area (Å²) in [5.74, 6) is 1.05. The van der Waals surface area contributed by atoms with Gasteiger partial charge in [-0.1, -0.05) is 43.7 Å². The summed E-state index contributed by atoms with van der Waals surface area (Å²) < 4.78 is 0. The van der Waals surface area contributed by atoms with Crippen molar-refractivity contribution >= 4 is 23.5 Å². The minimum Gasteiger partial charge on any atom is -0.387 e. The Bertz CT molecular complexity index is 380. The van der Waals surface area contributed by atoms with Crippen LogP contribution in [0, 0.1) is 6.92 Å². The summed E-state index contributed by atoms with van der Waals surface area (Å²) in [5, 5.41) is 12.1. The van der Waals surface area contributed by atoms with E-state index in [0.29, 0.717) is 15.7 Å². The monoisotopic (exact) mass is 268 g/mol. The SMILES string of the molecule is Cc1cccc(C(O)C2CSC(C)C(C)S2)c1. The van der Waals surface area contributed by atoms with Crippen LogP contribution in [0.25, 0.3) is 0 Å². The molecular formula is C14H20OS2. The second kappa shape index (κ2) is 5.68. The minimum atomic E-state index is -0.331. The molecule has 17 heavy (non-hydrogen) atoms. The highest BCUT2D eigenvalue weighted by molar-refractivity contribution is 8.07. The number of aryl methyl sites for hydroxylation is 1. The standard InChI is InChI=1S/C14H20OS2/c1-9-5-4-6-12(7-9)14(15)13-8-16-10(2)11(3)17-13/h4-7,10-11,13-15H,8H2,1-3H3. The molecule has 94 valence electrons. The molecule has 3 heteroatoms. The predicted molar refractivity (Wildman–Crippen MR) is 78.9 cm³/mol. The largest absolute Gasteiger partial charge is 0.387 e. The van der Waals surface area contributed by atoms with E-state index in [9.17, 15) is 5.11 Å². The third-order valence-electron chi connectivity index (χ3n) is 3.31. The second-order valence-electron chi connectivity index (χ2n) is 4.78. The van der Waals surface area contributed by atoms with Crippen LogP contribution in [0.15, 0.2) is 24.3 Å². The fourth-order valence-electron chi connectivity index (χ4n) is 2.04. The lowest BCUT2D eigenvalue weighted by molar-refractivity contribution is 0.180. The van der Waals surface area contributed by atoms with Crippen molar-refractivity contribution in [2.24, 2.45) is 0 Å². The average molecular weight is 268 g/mol. The van der Waals surface area contributed by atoms with Gasteiger partial charge in [-0.25, -0.2) is 0 Å². The van der Waals surface area contributed by atoms with Gasteiger partial charge in [0.2, 0.25) is 0 Å². The Morgan fingerprint density at radius 1 is 1.29 bits per heavy atom. The number of aliphatic hydroxyl groups is 1. The molecule has 1 N–H and O–H groups in total. The topological polar surface area (TPSA) is 20.2 Å². The molecule has 0 aliphatic carbocycles. The minimum absolute atomic E-state index is 0.327. The van der Waals surface area contributed by atoms with Gasteiger partial charge < -0.3 is 5.11 Å². The number of rotatable bonds is 2. The van der Waals surface area contributed by atoms with E-state index in [1.165, 1.54) is 5.56 Å². The maximum absolute atomic E-state index is 10.4. The molecule has 0 radical (unpaired) electrons. The van der Waals surface area contributed by atoms with Crippen LogP contribution in [0.5, 0.6) is 0 Å². The molecule has 0 spiro atoms. The average Bonchev–Trinajstić information content (AvgIpc) is 2.32. The molecule has 0 bridgehead atoms.